The summed E-state index contributed by atoms with van der Waals surface area (Å²) < 4.78 is 5.65. The first-order valence-electron chi connectivity index (χ1n) is 7.65. The van der Waals surface area contributed by atoms with E-state index < -0.39 is 0 Å². The molecule has 0 aliphatic carbocycles. The molecule has 0 aliphatic rings. The average Bonchev–Trinajstić information content (AvgIpc) is 2.52. The van der Waals surface area contributed by atoms with Gasteiger partial charge in [0, 0.05) is 16.8 Å². The maximum atomic E-state index is 12.1. The molecular weight excluding hydrogens is 347 g/mol. The van der Waals surface area contributed by atoms with Gasteiger partial charge in [0.15, 0.2) is 0 Å². The van der Waals surface area contributed by atoms with Crippen molar-refractivity contribution in [3.8, 4) is 5.75 Å². The number of nitrogens with one attached hydrogen (secondary N) is 2. The van der Waals surface area contributed by atoms with Crippen LogP contribution in [0.3, 0.4) is 0 Å². The van der Waals surface area contributed by atoms with Crippen molar-refractivity contribution in [3.05, 3.63) is 52.5 Å². The molecule has 24 heavy (non-hydrogen) atoms. The molecule has 2 N–H and O–H groups in total. The van der Waals surface area contributed by atoms with Crippen LogP contribution < -0.4 is 15.4 Å². The fourth-order valence-corrected chi connectivity index (χ4v) is 2.42. The summed E-state index contributed by atoms with van der Waals surface area (Å²) in [4.78, 5) is 12.1. The van der Waals surface area contributed by atoms with Crippen LogP contribution in [0.5, 0.6) is 5.75 Å². The molecule has 0 atom stereocenters. The summed E-state index contributed by atoms with van der Waals surface area (Å²) in [6, 6.07) is 12.4. The van der Waals surface area contributed by atoms with Gasteiger partial charge in [0.05, 0.1) is 23.9 Å². The van der Waals surface area contributed by atoms with E-state index >= 15 is 0 Å². The van der Waals surface area contributed by atoms with Crippen LogP contribution >= 0.6 is 23.2 Å². The van der Waals surface area contributed by atoms with Crippen molar-refractivity contribution in [2.75, 3.05) is 23.8 Å². The number of amides is 1. The van der Waals surface area contributed by atoms with Gasteiger partial charge >= 0.3 is 0 Å². The highest BCUT2D eigenvalue weighted by Crippen LogP contribution is 2.25. The highest BCUT2D eigenvalue weighted by atomic mass is 35.5. The lowest BCUT2D eigenvalue weighted by Crippen LogP contribution is -2.21. The zero-order chi connectivity index (χ0) is 17.5. The van der Waals surface area contributed by atoms with Crippen LogP contribution in [0.1, 0.15) is 13.8 Å². The summed E-state index contributed by atoms with van der Waals surface area (Å²) in [5.41, 5.74) is 1.34. The molecule has 4 nitrogen and oxygen atoms in total. The van der Waals surface area contributed by atoms with Gasteiger partial charge in [-0.05, 0) is 36.2 Å². The number of hydrogen-bond donors (Lipinski definition) is 2. The average molecular weight is 367 g/mol. The van der Waals surface area contributed by atoms with Crippen LogP contribution in [0.4, 0.5) is 11.4 Å². The molecule has 0 fully saturated rings. The second-order valence-electron chi connectivity index (χ2n) is 5.76. The molecule has 0 bridgehead atoms. The zero-order valence-electron chi connectivity index (χ0n) is 13.6. The van der Waals surface area contributed by atoms with Crippen molar-refractivity contribution in [2.24, 2.45) is 5.92 Å². The van der Waals surface area contributed by atoms with E-state index in [-0.39, 0.29) is 12.5 Å². The minimum absolute atomic E-state index is 0.0957. The molecule has 0 saturated heterocycles. The Morgan fingerprint density at radius 1 is 1.17 bits per heavy atom. The Balaban J connectivity index is 1.89. The first-order valence-corrected chi connectivity index (χ1v) is 8.41. The van der Waals surface area contributed by atoms with Gasteiger partial charge in [-0.2, -0.15) is 0 Å². The lowest BCUT2D eigenvalue weighted by Gasteiger charge is -2.12. The maximum Gasteiger partial charge on any atom is 0.243 e. The number of carbonyl (C=O) groups is 1. The molecular formula is C18H20Cl2N2O2. The molecule has 1 amide bonds. The van der Waals surface area contributed by atoms with Crippen molar-refractivity contribution in [2.45, 2.75) is 13.8 Å². The van der Waals surface area contributed by atoms with E-state index in [0.29, 0.717) is 33.9 Å². The van der Waals surface area contributed by atoms with Gasteiger partial charge in [-0.15, -0.1) is 0 Å². The topological polar surface area (TPSA) is 50.4 Å². The van der Waals surface area contributed by atoms with Crippen molar-refractivity contribution in [3.63, 3.8) is 0 Å². The van der Waals surface area contributed by atoms with Gasteiger partial charge in [0.25, 0.3) is 0 Å². The second kappa shape index (κ2) is 8.81. The van der Waals surface area contributed by atoms with E-state index in [4.69, 9.17) is 27.9 Å². The molecule has 0 spiro atoms. The highest BCUT2D eigenvalue weighted by molar-refractivity contribution is 6.36. The Morgan fingerprint density at radius 3 is 2.67 bits per heavy atom. The van der Waals surface area contributed by atoms with Gasteiger partial charge in [0.2, 0.25) is 5.91 Å². The Hall–Kier alpha value is -1.91. The summed E-state index contributed by atoms with van der Waals surface area (Å²) >= 11 is 11.9. The standard InChI is InChI=1S/C18H20Cl2N2O2/c1-12(2)11-24-15-5-3-4-14(9-15)22-18(23)10-21-17-7-6-13(19)8-16(17)20/h3-9,12,21H,10-11H2,1-2H3,(H,22,23). The fraction of sp³-hybridized carbons (Fsp3) is 0.278. The normalized spacial score (nSPS) is 10.5. The SMILES string of the molecule is CC(C)COc1cccc(NC(=O)CNc2ccc(Cl)cc2Cl)c1. The van der Waals surface area contributed by atoms with E-state index in [1.807, 2.05) is 18.2 Å². The molecule has 6 heteroatoms. The summed E-state index contributed by atoms with van der Waals surface area (Å²) in [6.07, 6.45) is 0. The Bertz CT molecular complexity index is 705. The maximum absolute atomic E-state index is 12.1. The summed E-state index contributed by atoms with van der Waals surface area (Å²) in [7, 11) is 0. The van der Waals surface area contributed by atoms with Crippen molar-refractivity contribution in [1.29, 1.82) is 0 Å². The predicted molar refractivity (Wildman–Crippen MR) is 100 cm³/mol. The monoisotopic (exact) mass is 366 g/mol. The molecule has 2 aromatic rings. The molecule has 2 rings (SSSR count). The predicted octanol–water partition coefficient (Wildman–Crippen LogP) is 5.08. The third-order valence-electron chi connectivity index (χ3n) is 3.07. The van der Waals surface area contributed by atoms with E-state index in [9.17, 15) is 4.79 Å². The van der Waals surface area contributed by atoms with Crippen molar-refractivity contribution < 1.29 is 9.53 Å². The molecule has 0 heterocycles. The number of anilines is 2. The number of halogens is 2. The van der Waals surface area contributed by atoms with Crippen LogP contribution in [-0.2, 0) is 4.79 Å². The first-order chi connectivity index (χ1) is 11.4. The number of rotatable bonds is 7. The minimum Gasteiger partial charge on any atom is -0.493 e. The van der Waals surface area contributed by atoms with E-state index in [1.54, 1.807) is 24.3 Å². The number of carbonyl (C=O) groups excluding carboxylic acids is 1. The molecule has 0 aliphatic heterocycles. The summed E-state index contributed by atoms with van der Waals surface area (Å²) in [5.74, 6) is 0.994. The van der Waals surface area contributed by atoms with Gasteiger partial charge in [-0.25, -0.2) is 0 Å². The lowest BCUT2D eigenvalue weighted by atomic mass is 10.2. The molecule has 128 valence electrons. The quantitative estimate of drug-likeness (QED) is 0.718. The lowest BCUT2D eigenvalue weighted by molar-refractivity contribution is -0.114. The van der Waals surface area contributed by atoms with E-state index in [0.717, 1.165) is 5.75 Å². The van der Waals surface area contributed by atoms with Crippen LogP contribution in [0.2, 0.25) is 10.0 Å². The van der Waals surface area contributed by atoms with Gasteiger partial charge < -0.3 is 15.4 Å². The zero-order valence-corrected chi connectivity index (χ0v) is 15.1. The molecule has 0 saturated carbocycles. The van der Waals surface area contributed by atoms with E-state index in [2.05, 4.69) is 24.5 Å². The minimum atomic E-state index is -0.179. The highest BCUT2D eigenvalue weighted by Gasteiger charge is 2.06. The third kappa shape index (κ3) is 5.95. The second-order valence-corrected chi connectivity index (χ2v) is 6.60. The Kier molecular flexibility index (Phi) is 6.76. The molecule has 2 aromatic carbocycles. The number of ether oxygens (including phenoxy) is 1. The molecule has 0 aromatic heterocycles. The van der Waals surface area contributed by atoms with E-state index in [1.165, 1.54) is 0 Å². The molecule has 0 unspecified atom stereocenters. The van der Waals surface area contributed by atoms with Gasteiger partial charge in [-0.3, -0.25) is 4.79 Å². The first kappa shape index (κ1) is 18.4. The van der Waals surface area contributed by atoms with Crippen LogP contribution in [0.25, 0.3) is 0 Å². The van der Waals surface area contributed by atoms with Crippen molar-refractivity contribution >= 4 is 40.5 Å². The van der Waals surface area contributed by atoms with Crippen molar-refractivity contribution in [1.82, 2.24) is 0 Å². The number of benzene rings is 2. The Labute approximate surface area is 152 Å². The summed E-state index contributed by atoms with van der Waals surface area (Å²) in [6.45, 7) is 4.89. The third-order valence-corrected chi connectivity index (χ3v) is 3.62. The van der Waals surface area contributed by atoms with Gasteiger partial charge in [0.1, 0.15) is 5.75 Å². The molecule has 0 radical (unpaired) electrons. The van der Waals surface area contributed by atoms with Crippen LogP contribution in [0.15, 0.2) is 42.5 Å². The largest absolute Gasteiger partial charge is 0.493 e. The van der Waals surface area contributed by atoms with Crippen LogP contribution in [-0.4, -0.2) is 19.1 Å². The number of hydrogen-bond acceptors (Lipinski definition) is 3. The fourth-order valence-electron chi connectivity index (χ4n) is 1.94. The summed E-state index contributed by atoms with van der Waals surface area (Å²) in [5, 5.41) is 6.82. The van der Waals surface area contributed by atoms with Gasteiger partial charge in [-0.1, -0.05) is 43.1 Å². The smallest absolute Gasteiger partial charge is 0.243 e. The Morgan fingerprint density at radius 2 is 1.96 bits per heavy atom. The van der Waals surface area contributed by atoms with Crippen LogP contribution in [0, 0.1) is 5.92 Å².